The minimum absolute atomic E-state index is 0.00405. The molecular weight excluding hydrogens is 256 g/mol. The van der Waals surface area contributed by atoms with Crippen LogP contribution in [0, 0.1) is 0 Å². The summed E-state index contributed by atoms with van der Waals surface area (Å²) < 4.78 is 4.57. The van der Waals surface area contributed by atoms with Crippen LogP contribution in [0.15, 0.2) is 0 Å². The zero-order valence-electron chi connectivity index (χ0n) is 10.2. The highest BCUT2D eigenvalue weighted by Gasteiger charge is 2.48. The van der Waals surface area contributed by atoms with Gasteiger partial charge in [0.05, 0.1) is 19.2 Å². The molecule has 0 radical (unpaired) electrons. The lowest BCUT2D eigenvalue weighted by Crippen LogP contribution is -2.39. The van der Waals surface area contributed by atoms with Crippen molar-refractivity contribution in [2.24, 2.45) is 0 Å². The molecule has 0 spiro atoms. The molecular formula is C11H18N2O4S. The third-order valence-corrected chi connectivity index (χ3v) is 4.80. The van der Waals surface area contributed by atoms with E-state index in [0.29, 0.717) is 6.42 Å². The van der Waals surface area contributed by atoms with E-state index in [1.165, 1.54) is 18.9 Å². The highest BCUT2D eigenvalue weighted by Crippen LogP contribution is 2.37. The quantitative estimate of drug-likeness (QED) is 0.379. The topological polar surface area (TPSA) is 87.7 Å². The average molecular weight is 274 g/mol. The maximum Gasteiger partial charge on any atom is 0.315 e. The summed E-state index contributed by atoms with van der Waals surface area (Å²) in [6, 6.07) is -0.396. The van der Waals surface area contributed by atoms with Crippen LogP contribution in [-0.2, 0) is 9.53 Å². The molecule has 2 rings (SSSR count). The monoisotopic (exact) mass is 274 g/mol. The van der Waals surface area contributed by atoms with Gasteiger partial charge in [0.15, 0.2) is 0 Å². The first-order chi connectivity index (χ1) is 8.61. The van der Waals surface area contributed by atoms with Gasteiger partial charge in [0.1, 0.15) is 5.44 Å². The van der Waals surface area contributed by atoms with E-state index in [1.54, 1.807) is 0 Å². The third kappa shape index (κ3) is 2.89. The molecule has 102 valence electrons. The summed E-state index contributed by atoms with van der Waals surface area (Å²) in [5.74, 6) is -0.192. The van der Waals surface area contributed by atoms with Crippen molar-refractivity contribution in [3.8, 4) is 0 Å². The third-order valence-electron chi connectivity index (χ3n) is 3.35. The molecule has 2 fully saturated rings. The van der Waals surface area contributed by atoms with Gasteiger partial charge in [-0.05, 0) is 12.8 Å². The van der Waals surface area contributed by atoms with Gasteiger partial charge in [0, 0.05) is 11.7 Å². The van der Waals surface area contributed by atoms with Crippen molar-refractivity contribution < 1.29 is 19.4 Å². The lowest BCUT2D eigenvalue weighted by atomic mass is 10.0. The molecule has 0 aromatic carbocycles. The predicted octanol–water partition coefficient (Wildman–Crippen LogP) is 0.204. The minimum atomic E-state index is -0.542. The smallest absolute Gasteiger partial charge is 0.315 e. The summed E-state index contributed by atoms with van der Waals surface area (Å²) in [6.07, 6.45) is 2.97. The normalized spacial score (nSPS) is 33.8. The summed E-state index contributed by atoms with van der Waals surface area (Å²) in [7, 11) is 1.38. The standard InChI is InChI=1S/C11H18N2O4S/c1-17-7(14)5-3-2-4-6-8-9(10(15)18-6)13-11(16)12-8/h6,8-10,15H,2-5H2,1H3,(H2,12,13,16). The number of methoxy groups -OCH3 is 1. The fourth-order valence-electron chi connectivity index (χ4n) is 2.41. The number of aliphatic hydroxyl groups excluding tert-OH is 1. The Kier molecular flexibility index (Phi) is 4.34. The van der Waals surface area contributed by atoms with Crippen LogP contribution in [0.1, 0.15) is 25.7 Å². The number of fused-ring (bicyclic) bond motifs is 1. The summed E-state index contributed by atoms with van der Waals surface area (Å²) in [6.45, 7) is 0. The molecule has 2 saturated heterocycles. The number of urea groups is 1. The zero-order chi connectivity index (χ0) is 13.1. The van der Waals surface area contributed by atoms with Gasteiger partial charge in [-0.25, -0.2) is 4.79 Å². The second-order valence-electron chi connectivity index (χ2n) is 4.56. The number of esters is 1. The molecule has 0 aromatic rings. The van der Waals surface area contributed by atoms with Gasteiger partial charge in [0.2, 0.25) is 0 Å². The summed E-state index contributed by atoms with van der Waals surface area (Å²) in [4.78, 5) is 22.2. The summed E-state index contributed by atoms with van der Waals surface area (Å²) >= 11 is 1.49. The average Bonchev–Trinajstić information content (AvgIpc) is 2.85. The first-order valence-electron chi connectivity index (χ1n) is 6.09. The number of ether oxygens (including phenoxy) is 1. The molecule has 0 bridgehead atoms. The van der Waals surface area contributed by atoms with Crippen molar-refractivity contribution in [1.82, 2.24) is 10.6 Å². The molecule has 7 heteroatoms. The van der Waals surface area contributed by atoms with Crippen molar-refractivity contribution in [3.05, 3.63) is 0 Å². The molecule has 0 aliphatic carbocycles. The van der Waals surface area contributed by atoms with Gasteiger partial charge >= 0.3 is 12.0 Å². The fourth-order valence-corrected chi connectivity index (χ4v) is 3.88. The number of hydrogen-bond acceptors (Lipinski definition) is 5. The number of hydrogen-bond donors (Lipinski definition) is 3. The SMILES string of the molecule is COC(=O)CCCCC1SC(O)C2NC(=O)NC12. The zero-order valence-corrected chi connectivity index (χ0v) is 11.0. The van der Waals surface area contributed by atoms with E-state index >= 15 is 0 Å². The number of carbonyl (C=O) groups excluding carboxylic acids is 2. The van der Waals surface area contributed by atoms with Crippen LogP contribution >= 0.6 is 11.8 Å². The van der Waals surface area contributed by atoms with Gasteiger partial charge in [-0.15, -0.1) is 11.8 Å². The number of aliphatic hydroxyl groups is 1. The Bertz CT molecular complexity index is 339. The van der Waals surface area contributed by atoms with Gasteiger partial charge in [0.25, 0.3) is 0 Å². The van der Waals surface area contributed by atoms with Crippen LogP contribution in [0.2, 0.25) is 0 Å². The maximum absolute atomic E-state index is 11.2. The maximum atomic E-state index is 11.2. The highest BCUT2D eigenvalue weighted by molar-refractivity contribution is 8.00. The molecule has 2 aliphatic rings. The Morgan fingerprint density at radius 3 is 2.83 bits per heavy atom. The van der Waals surface area contributed by atoms with Crippen LogP contribution < -0.4 is 10.6 Å². The van der Waals surface area contributed by atoms with Crippen molar-refractivity contribution >= 4 is 23.8 Å². The first kappa shape index (κ1) is 13.5. The lowest BCUT2D eigenvalue weighted by Gasteiger charge is -2.15. The summed E-state index contributed by atoms with van der Waals surface area (Å²) in [5, 5.41) is 15.6. The molecule has 4 unspecified atom stereocenters. The van der Waals surface area contributed by atoms with E-state index in [9.17, 15) is 14.7 Å². The van der Waals surface area contributed by atoms with Crippen molar-refractivity contribution in [2.45, 2.75) is 48.5 Å². The van der Waals surface area contributed by atoms with E-state index in [2.05, 4.69) is 15.4 Å². The van der Waals surface area contributed by atoms with E-state index < -0.39 is 5.44 Å². The highest BCUT2D eigenvalue weighted by atomic mass is 32.2. The number of nitrogens with one attached hydrogen (secondary N) is 2. The van der Waals surface area contributed by atoms with E-state index in [0.717, 1.165) is 19.3 Å². The fraction of sp³-hybridized carbons (Fsp3) is 0.818. The number of carbonyl (C=O) groups is 2. The number of rotatable bonds is 5. The minimum Gasteiger partial charge on any atom is -0.469 e. The first-order valence-corrected chi connectivity index (χ1v) is 7.03. The van der Waals surface area contributed by atoms with Crippen LogP contribution in [0.25, 0.3) is 0 Å². The largest absolute Gasteiger partial charge is 0.469 e. The van der Waals surface area contributed by atoms with Crippen molar-refractivity contribution in [3.63, 3.8) is 0 Å². The van der Waals surface area contributed by atoms with Crippen LogP contribution in [0.5, 0.6) is 0 Å². The predicted molar refractivity (Wildman–Crippen MR) is 67.1 cm³/mol. The second kappa shape index (κ2) is 5.79. The molecule has 2 amide bonds. The Morgan fingerprint density at radius 2 is 2.11 bits per heavy atom. The number of thioether (sulfide) groups is 1. The van der Waals surface area contributed by atoms with Gasteiger partial charge in [-0.3, -0.25) is 4.79 Å². The Balaban J connectivity index is 1.73. The summed E-state index contributed by atoms with van der Waals surface area (Å²) in [5.41, 5.74) is -0.542. The Hall–Kier alpha value is -0.950. The molecule has 6 nitrogen and oxygen atoms in total. The van der Waals surface area contributed by atoms with Gasteiger partial charge < -0.3 is 20.5 Å². The molecule has 2 aliphatic heterocycles. The molecule has 2 heterocycles. The Morgan fingerprint density at radius 1 is 1.39 bits per heavy atom. The van der Waals surface area contributed by atoms with Crippen molar-refractivity contribution in [1.29, 1.82) is 0 Å². The Labute approximate surface area is 110 Å². The van der Waals surface area contributed by atoms with E-state index in [1.807, 2.05) is 0 Å². The van der Waals surface area contributed by atoms with E-state index in [4.69, 9.17) is 0 Å². The molecule has 0 saturated carbocycles. The van der Waals surface area contributed by atoms with Crippen LogP contribution in [0.3, 0.4) is 0 Å². The molecule has 3 N–H and O–H groups in total. The molecule has 0 aromatic heterocycles. The van der Waals surface area contributed by atoms with Crippen molar-refractivity contribution in [2.75, 3.05) is 7.11 Å². The van der Waals surface area contributed by atoms with Gasteiger partial charge in [-0.2, -0.15) is 0 Å². The lowest BCUT2D eigenvalue weighted by molar-refractivity contribution is -0.140. The molecule has 4 atom stereocenters. The van der Waals surface area contributed by atoms with Gasteiger partial charge in [-0.1, -0.05) is 6.42 Å². The number of amides is 2. The van der Waals surface area contributed by atoms with Crippen LogP contribution in [-0.4, -0.2) is 47.0 Å². The number of unbranched alkanes of at least 4 members (excludes halogenated alkanes) is 1. The van der Waals surface area contributed by atoms with Crippen LogP contribution in [0.4, 0.5) is 4.79 Å². The second-order valence-corrected chi connectivity index (χ2v) is 5.92. The molecule has 18 heavy (non-hydrogen) atoms. The van der Waals surface area contributed by atoms with E-state index in [-0.39, 0.29) is 29.3 Å².